The molecular weight excluding hydrogens is 1800 g/mol. The highest BCUT2D eigenvalue weighted by molar-refractivity contribution is 5.98. The van der Waals surface area contributed by atoms with Crippen molar-refractivity contribution in [1.29, 1.82) is 0 Å². The summed E-state index contributed by atoms with van der Waals surface area (Å²) in [4.78, 5) is 145. The van der Waals surface area contributed by atoms with Crippen LogP contribution in [-0.4, -0.2) is 224 Å². The van der Waals surface area contributed by atoms with Gasteiger partial charge >= 0.3 is 53.7 Å². The van der Waals surface area contributed by atoms with E-state index in [0.717, 1.165) is 128 Å². The zero-order valence-corrected chi connectivity index (χ0v) is 85.0. The normalized spacial score (nSPS) is 17.5. The number of benzene rings is 6. The van der Waals surface area contributed by atoms with Gasteiger partial charge in [-0.15, -0.1) is 0 Å². The topological polar surface area (TPSA) is 436 Å². The number of amides is 3. The van der Waals surface area contributed by atoms with Crippen LogP contribution in [0.3, 0.4) is 0 Å². The Bertz CT molecular complexity index is 5130. The summed E-state index contributed by atoms with van der Waals surface area (Å²) in [7, 11) is 9.02. The van der Waals surface area contributed by atoms with E-state index in [1.807, 2.05) is 148 Å². The number of piperidine rings is 2. The van der Waals surface area contributed by atoms with Crippen molar-refractivity contribution >= 4 is 71.4 Å². The number of hydrogen-bond acceptors (Lipinski definition) is 27. The average Bonchev–Trinajstić information content (AvgIpc) is 0.757. The van der Waals surface area contributed by atoms with E-state index >= 15 is 0 Å². The standard InChI is InChI=1S/C36H48N2O7.C19H29NO3.C18H23NO5.C17H21NO5.C13H19NO2.C5H6O4/c1-23(2)17-26-22-38-16-15-25-19-31(42-6)32(43-7)20-27(25)29(38)21-30(26)44-34(40)14-13-33(39)37-28(35(41)45-36(3,4)5)18-24-11-9-8-10-12-24;1-12(2)7-14-11-20-6-5-13-8-18(22-3)19(23-4)9-15(13)16(20)10-17(14)21;1-18(2,3)24-17(22)14(12-13-8-6-5-7-9-13)19-15(20)10-11-16(21)23-4;1-17(2,3)23-16(22)13(11-12-7-5-4-6-8-12)18-14(19)9-10-15(20)21;1-13(2,3)16-12(15)11(14)9-10-7-5-4-6-8-10;1-9-5(8)3-2-4(6)7/h8-14,19-20,23,26,28-30H,15-18,21-22H2,1-7H3,(H,37,39);8-9,12,14,16-17,21H,5-7,10-11H2,1-4H3;5-11,14H,12H2,1-4H3,(H,19,20);4-10,13H,11H2,1-3H3,(H,18,19)(H,20,21);4-8,11H,9,14H2,1-3H3;2-3H,1H3,(H,6,7)/b14-13+;;11-10+;10-9+;;3-2+/t26-,28+,29-,30-;14-,16-,17-;14-;13-;11-;/m11000./s1. The molecule has 0 aromatic heterocycles. The maximum Gasteiger partial charge on any atom is 0.331 e. The van der Waals surface area contributed by atoms with Crippen LogP contribution in [0.5, 0.6) is 23.0 Å². The van der Waals surface area contributed by atoms with Crippen molar-refractivity contribution < 1.29 is 125 Å². The lowest BCUT2D eigenvalue weighted by molar-refractivity contribution is -0.159. The molecule has 4 aliphatic rings. The fourth-order valence-electron chi connectivity index (χ4n) is 15.8. The van der Waals surface area contributed by atoms with E-state index in [9.17, 15) is 62.6 Å². The van der Waals surface area contributed by atoms with E-state index in [4.69, 9.17) is 58.6 Å². The lowest BCUT2D eigenvalue weighted by Crippen LogP contribution is -2.49. The van der Waals surface area contributed by atoms with Crippen LogP contribution in [-0.2, 0) is 129 Å². The molecule has 4 aliphatic heterocycles. The van der Waals surface area contributed by atoms with Crippen molar-refractivity contribution in [2.24, 2.45) is 29.4 Å². The number of hydrogen-bond donors (Lipinski definition) is 7. The quantitative estimate of drug-likeness (QED) is 0.0117. The second-order valence-electron chi connectivity index (χ2n) is 38.9. The molecule has 3 amide bonds. The number of aliphatic carboxylic acids is 2. The second-order valence-corrected chi connectivity index (χ2v) is 38.9. The number of fused-ring (bicyclic) bond motifs is 6. The molecule has 0 aliphatic carbocycles. The van der Waals surface area contributed by atoms with E-state index in [-0.39, 0.29) is 49.4 Å². The summed E-state index contributed by atoms with van der Waals surface area (Å²) in [6, 6.07) is 42.9. The average molecular weight is 1940 g/mol. The molecule has 0 spiro atoms. The van der Waals surface area contributed by atoms with E-state index in [0.29, 0.717) is 60.3 Å². The third-order valence-electron chi connectivity index (χ3n) is 21.7. The number of rotatable bonds is 32. The summed E-state index contributed by atoms with van der Waals surface area (Å²) >= 11 is 0. The predicted octanol–water partition coefficient (Wildman–Crippen LogP) is 13.4. The highest BCUT2D eigenvalue weighted by Gasteiger charge is 2.43. The Morgan fingerprint density at radius 1 is 0.393 bits per heavy atom. The molecule has 0 saturated carbocycles. The van der Waals surface area contributed by atoms with Gasteiger partial charge in [0, 0.05) is 118 Å². The number of aliphatic hydroxyl groups excluding tert-OH is 1. The number of carbonyl (C=O) groups excluding carboxylic acids is 10. The summed E-state index contributed by atoms with van der Waals surface area (Å²) in [5, 5.41) is 34.9. The number of nitrogens with one attached hydrogen (secondary N) is 3. The van der Waals surface area contributed by atoms with Crippen LogP contribution < -0.4 is 40.6 Å². The van der Waals surface area contributed by atoms with Gasteiger partial charge in [0.25, 0.3) is 0 Å². The van der Waals surface area contributed by atoms with E-state index in [1.165, 1.54) is 36.5 Å². The van der Waals surface area contributed by atoms with Gasteiger partial charge in [0.2, 0.25) is 17.7 Å². The molecule has 0 bridgehead atoms. The van der Waals surface area contributed by atoms with Crippen molar-refractivity contribution in [2.45, 2.75) is 246 Å². The molecule has 140 heavy (non-hydrogen) atoms. The summed E-state index contributed by atoms with van der Waals surface area (Å²) in [6.45, 7) is 33.9. The minimum atomic E-state index is -1.24. The smallest absolute Gasteiger partial charge is 0.331 e. The van der Waals surface area contributed by atoms with E-state index < -0.39 is 112 Å². The first kappa shape index (κ1) is 117. The summed E-state index contributed by atoms with van der Waals surface area (Å²) in [5.41, 5.74) is 11.9. The van der Waals surface area contributed by atoms with Gasteiger partial charge in [-0.1, -0.05) is 149 Å². The summed E-state index contributed by atoms with van der Waals surface area (Å²) in [6.07, 6.45) is 13.6. The van der Waals surface area contributed by atoms with Gasteiger partial charge in [0.1, 0.15) is 52.7 Å². The molecule has 764 valence electrons. The second kappa shape index (κ2) is 57.5. The van der Waals surface area contributed by atoms with Crippen LogP contribution in [0.15, 0.2) is 194 Å². The van der Waals surface area contributed by atoms with Crippen molar-refractivity contribution in [1.82, 2.24) is 25.8 Å². The highest BCUT2D eigenvalue weighted by atomic mass is 16.6. The number of esters is 7. The van der Waals surface area contributed by atoms with Crippen molar-refractivity contribution in [3.63, 3.8) is 0 Å². The Hall–Kier alpha value is -13.0. The van der Waals surface area contributed by atoms with Gasteiger partial charge in [0.15, 0.2) is 23.0 Å². The lowest BCUT2D eigenvalue weighted by atomic mass is 9.79. The Balaban J connectivity index is 0.000000315. The Morgan fingerprint density at radius 2 is 0.686 bits per heavy atom. The third-order valence-corrected chi connectivity index (χ3v) is 21.7. The number of carboxylic acids is 2. The molecule has 6 aromatic rings. The fraction of sp³-hybridized carbons (Fsp3) is 0.481. The van der Waals surface area contributed by atoms with Crippen LogP contribution in [0.1, 0.15) is 193 Å². The highest BCUT2D eigenvalue weighted by Crippen LogP contribution is 2.46. The van der Waals surface area contributed by atoms with Gasteiger partial charge < -0.3 is 89.1 Å². The van der Waals surface area contributed by atoms with Gasteiger partial charge in [-0.25, -0.2) is 38.4 Å². The monoisotopic (exact) mass is 1940 g/mol. The largest absolute Gasteiger partial charge is 0.493 e. The fourth-order valence-corrected chi connectivity index (χ4v) is 15.8. The number of ether oxygens (including phenoxy) is 11. The first-order chi connectivity index (χ1) is 65.8. The van der Waals surface area contributed by atoms with Crippen LogP contribution in [0.25, 0.3) is 0 Å². The lowest BCUT2D eigenvalue weighted by Gasteiger charge is -2.47. The summed E-state index contributed by atoms with van der Waals surface area (Å²) < 4.78 is 58.0. The minimum absolute atomic E-state index is 0.0784. The molecule has 8 N–H and O–H groups in total. The van der Waals surface area contributed by atoms with Crippen molar-refractivity contribution in [3.05, 3.63) is 239 Å². The van der Waals surface area contributed by atoms with Gasteiger partial charge in [-0.3, -0.25) is 29.0 Å². The maximum absolute atomic E-state index is 13.1. The van der Waals surface area contributed by atoms with Crippen molar-refractivity contribution in [2.75, 3.05) is 68.8 Å². The third kappa shape index (κ3) is 44.0. The first-order valence-corrected chi connectivity index (χ1v) is 46.8. The van der Waals surface area contributed by atoms with Crippen LogP contribution in [0.2, 0.25) is 0 Å². The van der Waals surface area contributed by atoms with Gasteiger partial charge in [-0.2, -0.15) is 0 Å². The van der Waals surface area contributed by atoms with Crippen molar-refractivity contribution in [3.8, 4) is 23.0 Å². The molecule has 6 aromatic carbocycles. The molecule has 10 rings (SSSR count). The molecule has 2 saturated heterocycles. The molecule has 2 fully saturated rings. The van der Waals surface area contributed by atoms with Crippen LogP contribution in [0, 0.1) is 23.7 Å². The van der Waals surface area contributed by atoms with Gasteiger partial charge in [0.05, 0.1) is 48.8 Å². The Labute approximate surface area is 823 Å². The predicted molar refractivity (Wildman–Crippen MR) is 530 cm³/mol. The van der Waals surface area contributed by atoms with E-state index in [1.54, 1.807) is 90.8 Å². The van der Waals surface area contributed by atoms with E-state index in [2.05, 4.69) is 81.1 Å². The zero-order valence-electron chi connectivity index (χ0n) is 85.0. The minimum Gasteiger partial charge on any atom is -0.493 e. The number of aliphatic hydroxyl groups is 1. The van der Waals surface area contributed by atoms with Crippen LogP contribution in [0.4, 0.5) is 0 Å². The molecule has 0 unspecified atom stereocenters. The number of carboxylic acid groups (broad SMARTS) is 2. The molecule has 4 heterocycles. The van der Waals surface area contributed by atoms with Crippen LogP contribution >= 0.6 is 0 Å². The number of methoxy groups -OCH3 is 6. The molecular formula is C108H146N6O26. The Kier molecular flexibility index (Phi) is 48.2. The number of carbonyl (C=O) groups is 12. The molecule has 32 nitrogen and oxygen atoms in total. The van der Waals surface area contributed by atoms with Gasteiger partial charge in [-0.05, 0) is 208 Å². The molecule has 0 radical (unpaired) electrons. The SMILES string of the molecule is CC(C)(C)OC(=O)[C@@H](N)Cc1ccccc1.CC(C)(C)OC(=O)[C@H](Cc1ccccc1)NC(=O)/C=C/C(=O)O.COC(=O)/C=C/C(=O)N[C@@H](Cc1ccccc1)C(=O)OC(C)(C)C.COC(=O)/C=C/C(=O)O.COc1cc2c(cc1OC)[C@H]1C[C@@H](O)[C@H](CC(C)C)CN1CC2.COc1cc2c(cc1OC)[C@H]1C[C@@H](OC(=O)/C=C/C(=O)N[C@@H](Cc3ccccc3)C(=O)OC(C)(C)C)[C@H](CC(C)C)CN1CC2. The summed E-state index contributed by atoms with van der Waals surface area (Å²) in [5.74, 6) is -3.52. The molecule has 10 atom stereocenters. The maximum atomic E-state index is 13.1. The first-order valence-electron chi connectivity index (χ1n) is 46.8. The number of nitrogens with two attached hydrogens (primary N) is 1. The Morgan fingerprint density at radius 3 is 1.01 bits per heavy atom. The number of nitrogens with zero attached hydrogens (tertiary/aromatic N) is 2. The molecule has 32 heteroatoms. The zero-order chi connectivity index (χ0) is 104.